The van der Waals surface area contributed by atoms with Gasteiger partial charge in [-0.2, -0.15) is 8.42 Å². The monoisotopic (exact) mass is 377 g/mol. The van der Waals surface area contributed by atoms with Crippen LogP contribution in [-0.2, 0) is 14.8 Å². The fourth-order valence-corrected chi connectivity index (χ4v) is 4.10. The average Bonchev–Trinajstić information content (AvgIpc) is 2.82. The van der Waals surface area contributed by atoms with Crippen LogP contribution in [-0.4, -0.2) is 38.7 Å². The van der Waals surface area contributed by atoms with Gasteiger partial charge >= 0.3 is 0 Å². The second-order valence-corrected chi connectivity index (χ2v) is 7.75. The number of rotatable bonds is 3. The van der Waals surface area contributed by atoms with Gasteiger partial charge in [-0.25, -0.2) is 0 Å². The first-order valence-electron chi connectivity index (χ1n) is 7.49. The van der Waals surface area contributed by atoms with E-state index in [1.807, 2.05) is 13.0 Å². The lowest BCUT2D eigenvalue weighted by Gasteiger charge is -2.18. The second kappa shape index (κ2) is 6.50. The Bertz CT molecular complexity index is 986. The fourth-order valence-electron chi connectivity index (χ4n) is 2.57. The lowest BCUT2D eigenvalue weighted by Crippen LogP contribution is -2.34. The molecule has 0 saturated carbocycles. The van der Waals surface area contributed by atoms with E-state index in [-0.39, 0.29) is 23.2 Å². The molecule has 1 aliphatic rings. The minimum atomic E-state index is -3.71. The Balaban J connectivity index is 1.77. The van der Waals surface area contributed by atoms with Crippen molar-refractivity contribution in [3.8, 4) is 0 Å². The van der Waals surface area contributed by atoms with Crippen LogP contribution >= 0.6 is 11.6 Å². The Morgan fingerprint density at radius 3 is 2.68 bits per heavy atom. The van der Waals surface area contributed by atoms with E-state index >= 15 is 0 Å². The maximum absolute atomic E-state index is 12.3. The van der Waals surface area contributed by atoms with E-state index < -0.39 is 10.0 Å². The first-order valence-corrected chi connectivity index (χ1v) is 9.31. The Hall–Kier alpha value is -2.38. The molecule has 0 bridgehead atoms. The van der Waals surface area contributed by atoms with Crippen LogP contribution in [0.5, 0.6) is 0 Å². The second-order valence-electron chi connectivity index (χ2n) is 5.77. The largest absolute Gasteiger partial charge is 0.349 e. The average molecular weight is 378 g/mol. The van der Waals surface area contributed by atoms with Crippen LogP contribution in [0.25, 0.3) is 0 Å². The Morgan fingerprint density at radius 2 is 1.96 bits per heavy atom. The third kappa shape index (κ3) is 3.52. The summed E-state index contributed by atoms with van der Waals surface area (Å²) in [7, 11) is -2.09. The highest BCUT2D eigenvalue weighted by Gasteiger charge is 2.30. The smallest absolute Gasteiger partial charge is 0.285 e. The zero-order valence-electron chi connectivity index (χ0n) is 13.7. The van der Waals surface area contributed by atoms with Gasteiger partial charge in [-0.3, -0.25) is 4.79 Å². The number of benzene rings is 2. The number of halogens is 1. The number of amidine groups is 1. The zero-order valence-corrected chi connectivity index (χ0v) is 15.2. The van der Waals surface area contributed by atoms with Crippen LogP contribution in [0.15, 0.2) is 51.8 Å². The molecule has 25 heavy (non-hydrogen) atoms. The number of nitrogens with one attached hydrogen (secondary N) is 1. The van der Waals surface area contributed by atoms with Crippen molar-refractivity contribution in [3.05, 3.63) is 58.6 Å². The van der Waals surface area contributed by atoms with Crippen molar-refractivity contribution in [1.29, 1.82) is 0 Å². The number of fused-ring (bicyclic) bond motifs is 1. The molecule has 0 radical (unpaired) electrons. The van der Waals surface area contributed by atoms with Gasteiger partial charge in [0.2, 0.25) is 5.91 Å². The van der Waals surface area contributed by atoms with Crippen LogP contribution in [0.3, 0.4) is 0 Å². The highest BCUT2D eigenvalue weighted by Crippen LogP contribution is 2.27. The Morgan fingerprint density at radius 1 is 1.24 bits per heavy atom. The molecule has 0 aliphatic carbocycles. The summed E-state index contributed by atoms with van der Waals surface area (Å²) in [6.45, 7) is 1.84. The number of likely N-dealkylation sites (N-methyl/N-ethyl adjacent to an activating group) is 1. The quantitative estimate of drug-likeness (QED) is 0.891. The minimum Gasteiger partial charge on any atom is -0.349 e. The summed E-state index contributed by atoms with van der Waals surface area (Å²) in [5, 5.41) is 3.17. The van der Waals surface area contributed by atoms with E-state index in [0.29, 0.717) is 16.3 Å². The molecule has 3 rings (SSSR count). The molecule has 6 nitrogen and oxygen atoms in total. The molecule has 2 aromatic rings. The van der Waals surface area contributed by atoms with E-state index in [2.05, 4.69) is 9.71 Å². The predicted octanol–water partition coefficient (Wildman–Crippen LogP) is 2.67. The number of anilines is 1. The predicted molar refractivity (Wildman–Crippen MR) is 97.6 cm³/mol. The van der Waals surface area contributed by atoms with Crippen LogP contribution < -0.4 is 5.32 Å². The number of nitrogens with zero attached hydrogens (tertiary/aromatic N) is 2. The van der Waals surface area contributed by atoms with Gasteiger partial charge in [0.05, 0.1) is 17.3 Å². The number of aryl methyl sites for hydroxylation is 1. The molecule has 1 aliphatic heterocycles. The third-order valence-electron chi connectivity index (χ3n) is 3.75. The van der Waals surface area contributed by atoms with E-state index in [0.717, 1.165) is 5.56 Å². The summed E-state index contributed by atoms with van der Waals surface area (Å²) >= 11 is 6.11. The molecule has 0 fully saturated rings. The zero-order chi connectivity index (χ0) is 18.2. The highest BCUT2D eigenvalue weighted by atomic mass is 35.5. The van der Waals surface area contributed by atoms with E-state index in [1.165, 1.54) is 11.0 Å². The minimum absolute atomic E-state index is 0.0626. The van der Waals surface area contributed by atoms with Gasteiger partial charge in [0.25, 0.3) is 10.0 Å². The summed E-state index contributed by atoms with van der Waals surface area (Å²) in [5.41, 5.74) is 1.99. The van der Waals surface area contributed by atoms with Gasteiger partial charge < -0.3 is 10.2 Å². The number of hydrogen-bond acceptors (Lipinski definition) is 4. The maximum Gasteiger partial charge on any atom is 0.285 e. The summed E-state index contributed by atoms with van der Waals surface area (Å²) in [6.07, 6.45) is 0. The lowest BCUT2D eigenvalue weighted by molar-refractivity contribution is -0.116. The van der Waals surface area contributed by atoms with Crippen molar-refractivity contribution in [3.63, 3.8) is 0 Å². The van der Waals surface area contributed by atoms with Crippen molar-refractivity contribution >= 4 is 39.1 Å². The molecule has 1 N–H and O–H groups in total. The topological polar surface area (TPSA) is 78.8 Å². The molecular weight excluding hydrogens is 362 g/mol. The summed E-state index contributed by atoms with van der Waals surface area (Å²) in [5.74, 6) is -0.0708. The van der Waals surface area contributed by atoms with Crippen molar-refractivity contribution in [2.24, 2.45) is 4.40 Å². The number of carbonyl (C=O) groups is 1. The van der Waals surface area contributed by atoms with E-state index in [1.54, 1.807) is 37.4 Å². The first kappa shape index (κ1) is 17.4. The van der Waals surface area contributed by atoms with E-state index in [4.69, 9.17) is 11.6 Å². The van der Waals surface area contributed by atoms with Gasteiger partial charge in [0.15, 0.2) is 5.84 Å². The molecule has 1 amide bonds. The fraction of sp³-hybridized carbons (Fsp3) is 0.176. The van der Waals surface area contributed by atoms with Gasteiger partial charge in [0.1, 0.15) is 4.90 Å². The van der Waals surface area contributed by atoms with Gasteiger partial charge in [-0.1, -0.05) is 29.8 Å². The first-order chi connectivity index (χ1) is 11.8. The molecule has 0 unspecified atom stereocenters. The molecular formula is C17H16ClN3O3S. The Labute approximate surface area is 151 Å². The maximum atomic E-state index is 12.3. The van der Waals surface area contributed by atoms with Crippen LogP contribution in [0.1, 0.15) is 11.1 Å². The van der Waals surface area contributed by atoms with Crippen LogP contribution in [0.4, 0.5) is 5.69 Å². The summed E-state index contributed by atoms with van der Waals surface area (Å²) in [4.78, 5) is 13.9. The highest BCUT2D eigenvalue weighted by molar-refractivity contribution is 7.90. The standard InChI is InChI=1S/C17H16ClN3O3S/c1-11-7-8-14(13(18)9-11)19-16(22)10-21(2)17-12-5-3-4-6-15(12)25(23,24)20-17/h3-9H,10H2,1-2H3,(H,19,22). The van der Waals surface area contributed by atoms with Crippen LogP contribution in [0, 0.1) is 6.92 Å². The SMILES string of the molecule is Cc1ccc(NC(=O)CN(C)C2=NS(=O)(=O)c3ccccc32)c(Cl)c1. The molecule has 130 valence electrons. The van der Waals surface area contributed by atoms with Gasteiger partial charge in [0, 0.05) is 12.6 Å². The van der Waals surface area contributed by atoms with Crippen LogP contribution in [0.2, 0.25) is 5.02 Å². The lowest BCUT2D eigenvalue weighted by atomic mass is 10.2. The van der Waals surface area contributed by atoms with Crippen molar-refractivity contribution in [2.45, 2.75) is 11.8 Å². The van der Waals surface area contributed by atoms with Crippen molar-refractivity contribution < 1.29 is 13.2 Å². The molecule has 0 atom stereocenters. The molecule has 0 spiro atoms. The normalized spacial score (nSPS) is 14.6. The third-order valence-corrected chi connectivity index (χ3v) is 5.39. The summed E-state index contributed by atoms with van der Waals surface area (Å²) < 4.78 is 28.0. The Kier molecular flexibility index (Phi) is 4.53. The summed E-state index contributed by atoms with van der Waals surface area (Å²) in [6, 6.07) is 11.9. The number of hydrogen-bond donors (Lipinski definition) is 1. The molecule has 0 saturated heterocycles. The van der Waals surface area contributed by atoms with Crippen molar-refractivity contribution in [1.82, 2.24) is 4.90 Å². The number of carbonyl (C=O) groups excluding carboxylic acids is 1. The molecule has 1 heterocycles. The van der Waals surface area contributed by atoms with Gasteiger partial charge in [-0.05, 0) is 36.8 Å². The molecule has 2 aromatic carbocycles. The van der Waals surface area contributed by atoms with Crippen molar-refractivity contribution in [2.75, 3.05) is 18.9 Å². The number of amides is 1. The molecule has 8 heteroatoms. The number of sulfonamides is 1. The molecule has 0 aromatic heterocycles. The van der Waals surface area contributed by atoms with Gasteiger partial charge in [-0.15, -0.1) is 4.40 Å². The van der Waals surface area contributed by atoms with E-state index in [9.17, 15) is 13.2 Å².